The summed E-state index contributed by atoms with van der Waals surface area (Å²) >= 11 is 0. The van der Waals surface area contributed by atoms with Crippen LogP contribution in [0.15, 0.2) is 0 Å². The molecule has 3 nitrogen and oxygen atoms in total. The Balaban J connectivity index is 2.39. The van der Waals surface area contributed by atoms with Crippen molar-refractivity contribution in [1.29, 1.82) is 0 Å². The topological polar surface area (TPSA) is 38.3 Å². The van der Waals surface area contributed by atoms with Gasteiger partial charge >= 0.3 is 5.97 Å². The highest BCUT2D eigenvalue weighted by Crippen LogP contribution is 2.16. The van der Waals surface area contributed by atoms with Gasteiger partial charge in [-0.25, -0.2) is 0 Å². The molecule has 1 aliphatic rings. The lowest BCUT2D eigenvalue weighted by Gasteiger charge is -2.12. The van der Waals surface area contributed by atoms with Gasteiger partial charge in [-0.1, -0.05) is 0 Å². The van der Waals surface area contributed by atoms with E-state index in [1.165, 1.54) is 0 Å². The van der Waals surface area contributed by atoms with Gasteiger partial charge in [0.05, 0.1) is 12.5 Å². The maximum absolute atomic E-state index is 11.2. The van der Waals surface area contributed by atoms with Crippen molar-refractivity contribution in [2.75, 3.05) is 13.2 Å². The normalized spacial score (nSPS) is 30.4. The third-order valence-electron chi connectivity index (χ3n) is 2.11. The molecule has 11 heavy (non-hydrogen) atoms. The van der Waals surface area contributed by atoms with Crippen molar-refractivity contribution in [1.82, 2.24) is 5.32 Å². The molecule has 0 amide bonds. The molecule has 0 unspecified atom stereocenters. The van der Waals surface area contributed by atoms with Crippen molar-refractivity contribution in [3.05, 3.63) is 0 Å². The van der Waals surface area contributed by atoms with E-state index in [9.17, 15) is 4.79 Å². The molecule has 3 heteroatoms. The van der Waals surface area contributed by atoms with Crippen LogP contribution in [-0.2, 0) is 9.53 Å². The van der Waals surface area contributed by atoms with E-state index in [2.05, 4.69) is 5.32 Å². The number of nitrogens with one attached hydrogen (secondary N) is 1. The number of carbonyl (C=O) groups is 1. The summed E-state index contributed by atoms with van der Waals surface area (Å²) in [6, 6.07) is 0.286. The Hall–Kier alpha value is -0.570. The molecule has 0 aromatic rings. The quantitative estimate of drug-likeness (QED) is 0.595. The minimum Gasteiger partial charge on any atom is -0.466 e. The molecule has 2 atom stereocenters. The second-order valence-corrected chi connectivity index (χ2v) is 2.89. The molecule has 0 saturated carbocycles. The van der Waals surface area contributed by atoms with Crippen molar-refractivity contribution >= 4 is 5.97 Å². The lowest BCUT2D eigenvalue weighted by molar-refractivity contribution is -0.148. The Bertz CT molecular complexity index is 147. The number of ether oxygens (including phenoxy) is 1. The minimum absolute atomic E-state index is 0.0509. The van der Waals surface area contributed by atoms with Crippen LogP contribution in [0.3, 0.4) is 0 Å². The summed E-state index contributed by atoms with van der Waals surface area (Å²) < 4.78 is 4.92. The fourth-order valence-electron chi connectivity index (χ4n) is 1.43. The van der Waals surface area contributed by atoms with Gasteiger partial charge < -0.3 is 10.1 Å². The zero-order chi connectivity index (χ0) is 8.27. The molecule has 1 N–H and O–H groups in total. The van der Waals surface area contributed by atoms with E-state index in [-0.39, 0.29) is 17.9 Å². The van der Waals surface area contributed by atoms with Gasteiger partial charge in [0.15, 0.2) is 0 Å². The van der Waals surface area contributed by atoms with Crippen molar-refractivity contribution < 1.29 is 9.53 Å². The van der Waals surface area contributed by atoms with E-state index in [0.717, 1.165) is 13.0 Å². The van der Waals surface area contributed by atoms with Crippen molar-refractivity contribution in [2.24, 2.45) is 5.92 Å². The van der Waals surface area contributed by atoms with Crippen LogP contribution in [0.25, 0.3) is 0 Å². The number of esters is 1. The van der Waals surface area contributed by atoms with Gasteiger partial charge in [0, 0.05) is 6.04 Å². The minimum atomic E-state index is -0.0509. The Morgan fingerprint density at radius 2 is 2.45 bits per heavy atom. The van der Waals surface area contributed by atoms with Crippen molar-refractivity contribution in [2.45, 2.75) is 26.3 Å². The molecule has 0 aromatic heterocycles. The highest BCUT2D eigenvalue weighted by molar-refractivity contribution is 5.73. The van der Waals surface area contributed by atoms with Crippen LogP contribution in [-0.4, -0.2) is 25.2 Å². The molecule has 1 heterocycles. The van der Waals surface area contributed by atoms with Crippen molar-refractivity contribution in [3.63, 3.8) is 0 Å². The van der Waals surface area contributed by atoms with Crippen molar-refractivity contribution in [3.8, 4) is 0 Å². The number of hydrogen-bond acceptors (Lipinski definition) is 3. The SMILES string of the molecule is CCOC(=O)[C@H]1CCN[C@@H]1C. The Labute approximate surface area is 67.1 Å². The van der Waals surface area contributed by atoms with Gasteiger partial charge in [0.2, 0.25) is 0 Å². The van der Waals surface area contributed by atoms with Crippen LogP contribution in [0.2, 0.25) is 0 Å². The van der Waals surface area contributed by atoms with Crippen LogP contribution in [0.5, 0.6) is 0 Å². The fourth-order valence-corrected chi connectivity index (χ4v) is 1.43. The van der Waals surface area contributed by atoms with Gasteiger partial charge in [0.25, 0.3) is 0 Å². The molecule has 64 valence electrons. The fraction of sp³-hybridized carbons (Fsp3) is 0.875. The summed E-state index contributed by atoms with van der Waals surface area (Å²) in [5.74, 6) is 0.0277. The highest BCUT2D eigenvalue weighted by atomic mass is 16.5. The zero-order valence-corrected chi connectivity index (χ0v) is 7.09. The van der Waals surface area contributed by atoms with Crippen LogP contribution in [0.1, 0.15) is 20.3 Å². The van der Waals surface area contributed by atoms with Gasteiger partial charge in [-0.15, -0.1) is 0 Å². The molecule has 0 radical (unpaired) electrons. The van der Waals surface area contributed by atoms with E-state index >= 15 is 0 Å². The molecule has 0 spiro atoms. The molecule has 0 aromatic carbocycles. The summed E-state index contributed by atoms with van der Waals surface area (Å²) in [6.45, 7) is 5.28. The maximum Gasteiger partial charge on any atom is 0.310 e. The van der Waals surface area contributed by atoms with Crippen LogP contribution in [0, 0.1) is 5.92 Å². The Morgan fingerprint density at radius 3 is 2.91 bits per heavy atom. The average Bonchev–Trinajstić information content (AvgIpc) is 2.36. The van der Waals surface area contributed by atoms with Gasteiger partial charge in [-0.3, -0.25) is 4.79 Å². The first kappa shape index (κ1) is 8.53. The molecule has 1 saturated heterocycles. The summed E-state index contributed by atoms with van der Waals surface area (Å²) in [6.07, 6.45) is 0.917. The standard InChI is InChI=1S/C8H15NO2/c1-3-11-8(10)7-4-5-9-6(7)2/h6-7,9H,3-5H2,1-2H3/t6-,7+/m1/s1. The first-order valence-electron chi connectivity index (χ1n) is 4.15. The largest absolute Gasteiger partial charge is 0.466 e. The second-order valence-electron chi connectivity index (χ2n) is 2.89. The van der Waals surface area contributed by atoms with Crippen LogP contribution >= 0.6 is 0 Å². The monoisotopic (exact) mass is 157 g/mol. The summed E-state index contributed by atoms with van der Waals surface area (Å²) in [5, 5.41) is 3.21. The Morgan fingerprint density at radius 1 is 1.73 bits per heavy atom. The van der Waals surface area contributed by atoms with Gasteiger partial charge in [-0.2, -0.15) is 0 Å². The first-order valence-corrected chi connectivity index (χ1v) is 4.15. The Kier molecular flexibility index (Phi) is 2.88. The van der Waals surface area contributed by atoms with E-state index in [1.807, 2.05) is 13.8 Å². The lowest BCUT2D eigenvalue weighted by Crippen LogP contribution is -2.29. The molecule has 0 aliphatic carbocycles. The summed E-state index contributed by atoms with van der Waals surface area (Å²) in [5.41, 5.74) is 0. The van der Waals surface area contributed by atoms with Crippen LogP contribution in [0.4, 0.5) is 0 Å². The molecule has 1 rings (SSSR count). The molecule has 1 fully saturated rings. The molecular formula is C8H15NO2. The van der Waals surface area contributed by atoms with E-state index < -0.39 is 0 Å². The third kappa shape index (κ3) is 1.93. The predicted octanol–water partition coefficient (Wildman–Crippen LogP) is 0.547. The van der Waals surface area contributed by atoms with Crippen LogP contribution < -0.4 is 5.32 Å². The number of rotatable bonds is 2. The zero-order valence-electron chi connectivity index (χ0n) is 7.09. The molecular weight excluding hydrogens is 142 g/mol. The summed E-state index contributed by atoms with van der Waals surface area (Å²) in [7, 11) is 0. The smallest absolute Gasteiger partial charge is 0.310 e. The van der Waals surface area contributed by atoms with E-state index in [1.54, 1.807) is 0 Å². The highest BCUT2D eigenvalue weighted by Gasteiger charge is 2.30. The third-order valence-corrected chi connectivity index (χ3v) is 2.11. The predicted molar refractivity (Wildman–Crippen MR) is 42.2 cm³/mol. The summed E-state index contributed by atoms with van der Waals surface area (Å²) in [4.78, 5) is 11.2. The average molecular weight is 157 g/mol. The van der Waals surface area contributed by atoms with Gasteiger partial charge in [-0.05, 0) is 26.8 Å². The number of hydrogen-bond donors (Lipinski definition) is 1. The second kappa shape index (κ2) is 3.72. The molecule has 0 bridgehead atoms. The van der Waals surface area contributed by atoms with E-state index in [0.29, 0.717) is 6.61 Å². The lowest BCUT2D eigenvalue weighted by atomic mass is 10.0. The van der Waals surface area contributed by atoms with Gasteiger partial charge in [0.1, 0.15) is 0 Å². The molecule has 1 aliphatic heterocycles. The number of carbonyl (C=O) groups excluding carboxylic acids is 1. The maximum atomic E-state index is 11.2. The van der Waals surface area contributed by atoms with E-state index in [4.69, 9.17) is 4.74 Å². The first-order chi connectivity index (χ1) is 5.25.